The van der Waals surface area contributed by atoms with Gasteiger partial charge in [-0.25, -0.2) is 0 Å². The van der Waals surface area contributed by atoms with Crippen molar-refractivity contribution >= 4 is 12.6 Å². The fourth-order valence-corrected chi connectivity index (χ4v) is 1.57. The van der Waals surface area contributed by atoms with Crippen molar-refractivity contribution in [1.82, 2.24) is 0 Å². The van der Waals surface area contributed by atoms with E-state index in [2.05, 4.69) is 20.8 Å². The van der Waals surface area contributed by atoms with Crippen LogP contribution in [0.25, 0.3) is 0 Å². The number of hydrogen-bond donors (Lipinski definition) is 2. The molecule has 0 aromatic heterocycles. The maximum atomic E-state index is 9.29. The number of benzene rings is 1. The summed E-state index contributed by atoms with van der Waals surface area (Å²) in [7, 11) is -1.50. The Morgan fingerprint density at radius 2 is 1.76 bits per heavy atom. The lowest BCUT2D eigenvalue weighted by molar-refractivity contribution is 0.243. The molecule has 0 spiro atoms. The van der Waals surface area contributed by atoms with E-state index in [9.17, 15) is 10.0 Å². The first kappa shape index (κ1) is 14.1. The Labute approximate surface area is 104 Å². The summed E-state index contributed by atoms with van der Waals surface area (Å²) in [6.07, 6.45) is 0.00252. The van der Waals surface area contributed by atoms with Crippen LogP contribution in [0.3, 0.4) is 0 Å². The summed E-state index contributed by atoms with van der Waals surface area (Å²) in [5.41, 5.74) is 1.53. The van der Waals surface area contributed by atoms with Gasteiger partial charge in [-0.1, -0.05) is 32.9 Å². The molecule has 0 aliphatic carbocycles. The van der Waals surface area contributed by atoms with E-state index in [4.69, 9.17) is 4.74 Å². The van der Waals surface area contributed by atoms with E-state index in [1.54, 1.807) is 6.07 Å². The minimum atomic E-state index is -1.50. The van der Waals surface area contributed by atoms with Crippen LogP contribution in [0.15, 0.2) is 18.2 Å². The van der Waals surface area contributed by atoms with Gasteiger partial charge in [0.05, 0.1) is 6.10 Å². The fourth-order valence-electron chi connectivity index (χ4n) is 1.57. The first-order chi connectivity index (χ1) is 7.71. The Morgan fingerprint density at radius 3 is 2.18 bits per heavy atom. The Balaban J connectivity index is 3.19. The number of ether oxygens (including phenoxy) is 1. The highest BCUT2D eigenvalue weighted by molar-refractivity contribution is 6.59. The molecule has 0 amide bonds. The zero-order valence-electron chi connectivity index (χ0n) is 11.2. The quantitative estimate of drug-likeness (QED) is 0.781. The highest BCUT2D eigenvalue weighted by atomic mass is 16.5. The zero-order chi connectivity index (χ0) is 13.2. The molecule has 0 bridgehead atoms. The van der Waals surface area contributed by atoms with Crippen molar-refractivity contribution in [3.05, 3.63) is 23.8 Å². The van der Waals surface area contributed by atoms with Crippen LogP contribution in [0.5, 0.6) is 5.75 Å². The van der Waals surface area contributed by atoms with Crippen molar-refractivity contribution in [2.75, 3.05) is 0 Å². The molecule has 17 heavy (non-hydrogen) atoms. The molecule has 0 unspecified atom stereocenters. The molecule has 2 N–H and O–H groups in total. The van der Waals surface area contributed by atoms with Gasteiger partial charge in [0.25, 0.3) is 0 Å². The summed E-state index contributed by atoms with van der Waals surface area (Å²) in [5.74, 6) is 0.544. The van der Waals surface area contributed by atoms with Gasteiger partial charge in [0.1, 0.15) is 5.75 Å². The van der Waals surface area contributed by atoms with E-state index in [0.717, 1.165) is 5.56 Å². The van der Waals surface area contributed by atoms with Gasteiger partial charge in [0.15, 0.2) is 0 Å². The van der Waals surface area contributed by atoms with E-state index in [-0.39, 0.29) is 11.5 Å². The lowest BCUT2D eigenvalue weighted by Gasteiger charge is -2.22. The lowest BCUT2D eigenvalue weighted by Crippen LogP contribution is -2.33. The van der Waals surface area contributed by atoms with Crippen molar-refractivity contribution in [1.29, 1.82) is 0 Å². The van der Waals surface area contributed by atoms with Gasteiger partial charge >= 0.3 is 7.12 Å². The molecule has 0 fully saturated rings. The summed E-state index contributed by atoms with van der Waals surface area (Å²) >= 11 is 0. The van der Waals surface area contributed by atoms with Crippen LogP contribution in [0, 0.1) is 0 Å². The molecule has 94 valence electrons. The third-order valence-electron chi connectivity index (χ3n) is 2.52. The highest BCUT2D eigenvalue weighted by Crippen LogP contribution is 2.25. The fraction of sp³-hybridized carbons (Fsp3) is 0.538. The molecule has 1 rings (SSSR count). The number of rotatable bonds is 3. The van der Waals surface area contributed by atoms with E-state index in [1.165, 1.54) is 0 Å². The standard InChI is InChI=1S/C13H21BO3/c1-9(2)17-12-8-10(13(3,4)5)6-7-11(12)14(15)16/h6-9,15-16H,1-5H3. The van der Waals surface area contributed by atoms with E-state index >= 15 is 0 Å². The van der Waals surface area contributed by atoms with Gasteiger partial charge in [-0.05, 0) is 30.9 Å². The summed E-state index contributed by atoms with van der Waals surface area (Å²) < 4.78 is 5.62. The second-order valence-electron chi connectivity index (χ2n) is 5.54. The molecule has 4 heteroatoms. The van der Waals surface area contributed by atoms with Crippen molar-refractivity contribution in [3.8, 4) is 5.75 Å². The molecule has 0 saturated heterocycles. The third kappa shape index (κ3) is 3.75. The Morgan fingerprint density at radius 1 is 1.18 bits per heavy atom. The summed E-state index contributed by atoms with van der Waals surface area (Å²) in [5, 5.41) is 18.6. The minimum absolute atomic E-state index is 0.00252. The summed E-state index contributed by atoms with van der Waals surface area (Å²) in [6, 6.07) is 5.50. The van der Waals surface area contributed by atoms with Gasteiger partial charge < -0.3 is 14.8 Å². The van der Waals surface area contributed by atoms with Gasteiger partial charge in [-0.2, -0.15) is 0 Å². The molecule has 0 heterocycles. The average molecular weight is 236 g/mol. The van der Waals surface area contributed by atoms with Gasteiger partial charge in [-0.15, -0.1) is 0 Å². The van der Waals surface area contributed by atoms with Crippen molar-refractivity contribution in [2.45, 2.75) is 46.1 Å². The first-order valence-electron chi connectivity index (χ1n) is 5.89. The molecule has 0 aliphatic rings. The van der Waals surface area contributed by atoms with Crippen LogP contribution in [0.2, 0.25) is 0 Å². The average Bonchev–Trinajstić information content (AvgIpc) is 2.14. The second-order valence-corrected chi connectivity index (χ2v) is 5.54. The first-order valence-corrected chi connectivity index (χ1v) is 5.89. The molecule has 1 aromatic carbocycles. The Kier molecular flexibility index (Phi) is 4.23. The number of hydrogen-bond acceptors (Lipinski definition) is 3. The van der Waals surface area contributed by atoms with Crippen molar-refractivity contribution < 1.29 is 14.8 Å². The monoisotopic (exact) mass is 236 g/mol. The molecule has 0 atom stereocenters. The van der Waals surface area contributed by atoms with E-state index in [1.807, 2.05) is 26.0 Å². The molecule has 0 aliphatic heterocycles. The summed E-state index contributed by atoms with van der Waals surface area (Å²) in [4.78, 5) is 0. The Hall–Kier alpha value is -0.995. The highest BCUT2D eigenvalue weighted by Gasteiger charge is 2.21. The van der Waals surface area contributed by atoms with Crippen LogP contribution >= 0.6 is 0 Å². The molecular formula is C13H21BO3. The minimum Gasteiger partial charge on any atom is -0.491 e. The van der Waals surface area contributed by atoms with Crippen LogP contribution in [0.4, 0.5) is 0 Å². The van der Waals surface area contributed by atoms with E-state index < -0.39 is 7.12 Å². The van der Waals surface area contributed by atoms with Gasteiger partial charge in [0.2, 0.25) is 0 Å². The van der Waals surface area contributed by atoms with Gasteiger partial charge in [0, 0.05) is 5.46 Å². The predicted octanol–water partition coefficient (Wildman–Crippen LogP) is 1.45. The molecular weight excluding hydrogens is 215 g/mol. The zero-order valence-corrected chi connectivity index (χ0v) is 11.2. The Bertz CT molecular complexity index is 381. The normalized spacial score (nSPS) is 11.8. The van der Waals surface area contributed by atoms with Crippen LogP contribution in [0.1, 0.15) is 40.2 Å². The largest absolute Gasteiger partial charge is 0.492 e. The summed E-state index contributed by atoms with van der Waals surface area (Å²) in [6.45, 7) is 10.2. The van der Waals surface area contributed by atoms with Crippen molar-refractivity contribution in [2.24, 2.45) is 0 Å². The smallest absolute Gasteiger partial charge is 0.491 e. The van der Waals surface area contributed by atoms with Crippen molar-refractivity contribution in [3.63, 3.8) is 0 Å². The maximum absolute atomic E-state index is 9.29. The van der Waals surface area contributed by atoms with Gasteiger partial charge in [-0.3, -0.25) is 0 Å². The van der Waals surface area contributed by atoms with Crippen LogP contribution in [-0.4, -0.2) is 23.3 Å². The molecule has 3 nitrogen and oxygen atoms in total. The third-order valence-corrected chi connectivity index (χ3v) is 2.52. The predicted molar refractivity (Wildman–Crippen MR) is 70.7 cm³/mol. The molecule has 0 radical (unpaired) electrons. The molecule has 1 aromatic rings. The lowest BCUT2D eigenvalue weighted by atomic mass is 9.77. The van der Waals surface area contributed by atoms with Crippen LogP contribution < -0.4 is 10.2 Å². The topological polar surface area (TPSA) is 49.7 Å². The van der Waals surface area contributed by atoms with Crippen LogP contribution in [-0.2, 0) is 5.41 Å². The SMILES string of the molecule is CC(C)Oc1cc(C(C)(C)C)ccc1B(O)O. The van der Waals surface area contributed by atoms with E-state index in [0.29, 0.717) is 11.2 Å². The molecule has 0 saturated carbocycles. The maximum Gasteiger partial charge on any atom is 0.492 e. The second kappa shape index (κ2) is 5.11.